The van der Waals surface area contributed by atoms with Crippen LogP contribution in [0, 0.1) is 0 Å². The molecule has 13 heavy (non-hydrogen) atoms. The molecule has 1 heterocycles. The Morgan fingerprint density at radius 1 is 1.38 bits per heavy atom. The van der Waals surface area contributed by atoms with Crippen LogP contribution in [0.15, 0.2) is 12.2 Å². The Morgan fingerprint density at radius 2 is 1.92 bits per heavy atom. The second-order valence-corrected chi connectivity index (χ2v) is 4.27. The highest BCUT2D eigenvalue weighted by molar-refractivity contribution is 4.97. The fourth-order valence-corrected chi connectivity index (χ4v) is 2.00. The van der Waals surface area contributed by atoms with E-state index in [2.05, 4.69) is 37.6 Å². The van der Waals surface area contributed by atoms with Crippen molar-refractivity contribution in [2.24, 2.45) is 0 Å². The largest absolute Gasteiger partial charge is 0.309 e. The summed E-state index contributed by atoms with van der Waals surface area (Å²) in [4.78, 5) is 2.50. The van der Waals surface area contributed by atoms with E-state index in [4.69, 9.17) is 0 Å². The van der Waals surface area contributed by atoms with E-state index in [1.54, 1.807) is 0 Å². The standard InChI is InChI=1S/C11H22N2/c1-5-9(2)6-13-7-10(3)12-11(4)8-13/h10-12H,2,5-8H2,1,3-4H3/t10-,11+. The van der Waals surface area contributed by atoms with Crippen LogP contribution in [0.2, 0.25) is 0 Å². The Balaban J connectivity index is 2.37. The average molecular weight is 182 g/mol. The van der Waals surface area contributed by atoms with Gasteiger partial charge in [-0.15, -0.1) is 0 Å². The van der Waals surface area contributed by atoms with Crippen LogP contribution in [0.4, 0.5) is 0 Å². The molecule has 1 aliphatic rings. The zero-order chi connectivity index (χ0) is 9.84. The van der Waals surface area contributed by atoms with Crippen LogP contribution in [0.5, 0.6) is 0 Å². The quantitative estimate of drug-likeness (QED) is 0.667. The predicted molar refractivity (Wildman–Crippen MR) is 57.9 cm³/mol. The molecule has 1 rings (SSSR count). The molecule has 0 unspecified atom stereocenters. The van der Waals surface area contributed by atoms with Crippen molar-refractivity contribution in [2.75, 3.05) is 19.6 Å². The lowest BCUT2D eigenvalue weighted by Crippen LogP contribution is -2.54. The minimum absolute atomic E-state index is 0.619. The Labute approximate surface area is 82.0 Å². The van der Waals surface area contributed by atoms with Gasteiger partial charge in [0.15, 0.2) is 0 Å². The Kier molecular flexibility index (Phi) is 3.94. The van der Waals surface area contributed by atoms with Gasteiger partial charge in [0.05, 0.1) is 0 Å². The number of rotatable bonds is 3. The predicted octanol–water partition coefficient (Wildman–Crippen LogP) is 1.63. The van der Waals surface area contributed by atoms with E-state index in [9.17, 15) is 0 Å². The first-order valence-corrected chi connectivity index (χ1v) is 5.26. The molecule has 2 nitrogen and oxygen atoms in total. The summed E-state index contributed by atoms with van der Waals surface area (Å²) < 4.78 is 0. The van der Waals surface area contributed by atoms with Crippen LogP contribution >= 0.6 is 0 Å². The lowest BCUT2D eigenvalue weighted by Gasteiger charge is -2.36. The summed E-state index contributed by atoms with van der Waals surface area (Å²) >= 11 is 0. The lowest BCUT2D eigenvalue weighted by molar-refractivity contribution is 0.185. The van der Waals surface area contributed by atoms with Crippen LogP contribution < -0.4 is 5.32 Å². The maximum atomic E-state index is 4.06. The minimum Gasteiger partial charge on any atom is -0.309 e. The molecule has 0 bridgehead atoms. The molecule has 0 spiro atoms. The molecule has 0 aromatic heterocycles. The first-order valence-electron chi connectivity index (χ1n) is 5.26. The molecular weight excluding hydrogens is 160 g/mol. The van der Waals surface area contributed by atoms with Gasteiger partial charge in [-0.05, 0) is 20.3 Å². The molecule has 0 aromatic carbocycles. The Bertz CT molecular complexity index is 167. The van der Waals surface area contributed by atoms with Crippen LogP contribution in [-0.2, 0) is 0 Å². The molecule has 1 aliphatic heterocycles. The van der Waals surface area contributed by atoms with Gasteiger partial charge in [0, 0.05) is 31.7 Å². The van der Waals surface area contributed by atoms with Crippen molar-refractivity contribution in [1.82, 2.24) is 10.2 Å². The highest BCUT2D eigenvalue weighted by Crippen LogP contribution is 2.07. The van der Waals surface area contributed by atoms with E-state index >= 15 is 0 Å². The topological polar surface area (TPSA) is 15.3 Å². The van der Waals surface area contributed by atoms with E-state index in [1.807, 2.05) is 0 Å². The van der Waals surface area contributed by atoms with Crippen LogP contribution in [-0.4, -0.2) is 36.6 Å². The minimum atomic E-state index is 0.619. The maximum Gasteiger partial charge on any atom is 0.0191 e. The average Bonchev–Trinajstić information content (AvgIpc) is 2.02. The van der Waals surface area contributed by atoms with Gasteiger partial charge in [-0.3, -0.25) is 4.90 Å². The number of piperazine rings is 1. The van der Waals surface area contributed by atoms with Crippen molar-refractivity contribution in [3.63, 3.8) is 0 Å². The number of nitrogens with zero attached hydrogens (tertiary/aromatic N) is 1. The van der Waals surface area contributed by atoms with Gasteiger partial charge in [-0.1, -0.05) is 19.1 Å². The summed E-state index contributed by atoms with van der Waals surface area (Å²) in [6.07, 6.45) is 1.10. The summed E-state index contributed by atoms with van der Waals surface area (Å²) in [5.41, 5.74) is 1.35. The summed E-state index contributed by atoms with van der Waals surface area (Å²) in [7, 11) is 0. The van der Waals surface area contributed by atoms with Gasteiger partial charge in [-0.25, -0.2) is 0 Å². The van der Waals surface area contributed by atoms with Gasteiger partial charge in [0.25, 0.3) is 0 Å². The van der Waals surface area contributed by atoms with E-state index in [0.29, 0.717) is 12.1 Å². The molecule has 1 fully saturated rings. The number of hydrogen-bond acceptors (Lipinski definition) is 2. The van der Waals surface area contributed by atoms with Gasteiger partial charge in [0.2, 0.25) is 0 Å². The maximum absolute atomic E-state index is 4.06. The normalized spacial score (nSPS) is 30.4. The molecule has 0 radical (unpaired) electrons. The van der Waals surface area contributed by atoms with Crippen LogP contribution in [0.25, 0.3) is 0 Å². The summed E-state index contributed by atoms with van der Waals surface area (Å²) in [6.45, 7) is 14.1. The highest BCUT2D eigenvalue weighted by atomic mass is 15.2. The van der Waals surface area contributed by atoms with Crippen molar-refractivity contribution in [3.8, 4) is 0 Å². The van der Waals surface area contributed by atoms with E-state index < -0.39 is 0 Å². The van der Waals surface area contributed by atoms with Crippen LogP contribution in [0.1, 0.15) is 27.2 Å². The van der Waals surface area contributed by atoms with Gasteiger partial charge in [-0.2, -0.15) is 0 Å². The summed E-state index contributed by atoms with van der Waals surface area (Å²) in [5, 5.41) is 3.53. The van der Waals surface area contributed by atoms with Gasteiger partial charge < -0.3 is 5.32 Å². The summed E-state index contributed by atoms with van der Waals surface area (Å²) in [5.74, 6) is 0. The highest BCUT2D eigenvalue weighted by Gasteiger charge is 2.20. The Hall–Kier alpha value is -0.340. The molecule has 0 aliphatic carbocycles. The van der Waals surface area contributed by atoms with E-state index in [1.165, 1.54) is 5.57 Å². The third-order valence-electron chi connectivity index (χ3n) is 2.58. The monoisotopic (exact) mass is 182 g/mol. The second kappa shape index (κ2) is 4.77. The van der Waals surface area contributed by atoms with Crippen LogP contribution in [0.3, 0.4) is 0 Å². The van der Waals surface area contributed by atoms with Crippen molar-refractivity contribution >= 4 is 0 Å². The molecule has 2 heteroatoms. The third-order valence-corrected chi connectivity index (χ3v) is 2.58. The molecule has 0 saturated carbocycles. The van der Waals surface area contributed by atoms with E-state index in [-0.39, 0.29) is 0 Å². The molecule has 1 saturated heterocycles. The number of nitrogens with one attached hydrogen (secondary N) is 1. The molecule has 2 atom stereocenters. The smallest absolute Gasteiger partial charge is 0.0191 e. The zero-order valence-corrected chi connectivity index (χ0v) is 9.14. The summed E-state index contributed by atoms with van der Waals surface area (Å²) in [6, 6.07) is 1.24. The van der Waals surface area contributed by atoms with Gasteiger partial charge in [0.1, 0.15) is 0 Å². The van der Waals surface area contributed by atoms with Crippen molar-refractivity contribution < 1.29 is 0 Å². The molecule has 0 amide bonds. The molecule has 1 N–H and O–H groups in total. The molecular formula is C11H22N2. The molecule has 0 aromatic rings. The fourth-order valence-electron chi connectivity index (χ4n) is 2.00. The zero-order valence-electron chi connectivity index (χ0n) is 9.14. The van der Waals surface area contributed by atoms with Crippen molar-refractivity contribution in [2.45, 2.75) is 39.3 Å². The SMILES string of the molecule is C=C(CC)CN1C[C@@H](C)N[C@@H](C)C1. The van der Waals surface area contributed by atoms with E-state index in [0.717, 1.165) is 26.1 Å². The first-order chi connectivity index (χ1) is 6.11. The number of hydrogen-bond donors (Lipinski definition) is 1. The molecule has 76 valence electrons. The third kappa shape index (κ3) is 3.49. The first kappa shape index (κ1) is 10.7. The fraction of sp³-hybridized carbons (Fsp3) is 0.818. The van der Waals surface area contributed by atoms with Gasteiger partial charge >= 0.3 is 0 Å². The van der Waals surface area contributed by atoms with Crippen molar-refractivity contribution in [1.29, 1.82) is 0 Å². The Morgan fingerprint density at radius 3 is 2.38 bits per heavy atom. The lowest BCUT2D eigenvalue weighted by atomic mass is 10.1. The second-order valence-electron chi connectivity index (χ2n) is 4.27. The van der Waals surface area contributed by atoms with Crippen molar-refractivity contribution in [3.05, 3.63) is 12.2 Å².